The SMILES string of the molecule is N#Cc1ccc(CNc2cccc(C(=O)N3CCC(CO)CC3)c2)o1. The maximum absolute atomic E-state index is 12.6. The predicted molar refractivity (Wildman–Crippen MR) is 92.9 cm³/mol. The van der Waals surface area contributed by atoms with Crippen molar-refractivity contribution in [1.82, 2.24) is 4.90 Å². The smallest absolute Gasteiger partial charge is 0.253 e. The fourth-order valence-corrected chi connectivity index (χ4v) is 2.99. The van der Waals surface area contributed by atoms with Gasteiger partial charge in [0.05, 0.1) is 6.54 Å². The van der Waals surface area contributed by atoms with Gasteiger partial charge in [0.25, 0.3) is 5.91 Å². The Morgan fingerprint density at radius 3 is 2.80 bits per heavy atom. The van der Waals surface area contributed by atoms with Crippen molar-refractivity contribution >= 4 is 11.6 Å². The molecular weight excluding hydrogens is 318 g/mol. The highest BCUT2D eigenvalue weighted by molar-refractivity contribution is 5.95. The molecule has 0 saturated carbocycles. The fourth-order valence-electron chi connectivity index (χ4n) is 2.99. The zero-order valence-corrected chi connectivity index (χ0v) is 13.9. The Morgan fingerprint density at radius 2 is 2.12 bits per heavy atom. The number of rotatable bonds is 5. The highest BCUT2D eigenvalue weighted by Gasteiger charge is 2.23. The number of hydrogen-bond acceptors (Lipinski definition) is 5. The number of furan rings is 1. The number of aliphatic hydroxyl groups is 1. The number of carbonyl (C=O) groups excluding carboxylic acids is 1. The summed E-state index contributed by atoms with van der Waals surface area (Å²) in [5, 5.41) is 21.2. The maximum Gasteiger partial charge on any atom is 0.253 e. The summed E-state index contributed by atoms with van der Waals surface area (Å²) < 4.78 is 5.33. The molecule has 0 radical (unpaired) electrons. The van der Waals surface area contributed by atoms with Gasteiger partial charge in [0.15, 0.2) is 0 Å². The van der Waals surface area contributed by atoms with E-state index in [0.29, 0.717) is 36.9 Å². The second-order valence-corrected chi connectivity index (χ2v) is 6.23. The monoisotopic (exact) mass is 339 g/mol. The van der Waals surface area contributed by atoms with E-state index < -0.39 is 0 Å². The lowest BCUT2D eigenvalue weighted by Crippen LogP contribution is -2.39. The van der Waals surface area contributed by atoms with E-state index in [1.807, 2.05) is 35.2 Å². The molecule has 1 amide bonds. The van der Waals surface area contributed by atoms with E-state index in [9.17, 15) is 9.90 Å². The Morgan fingerprint density at radius 1 is 1.32 bits per heavy atom. The van der Waals surface area contributed by atoms with Crippen LogP contribution in [0.1, 0.15) is 34.7 Å². The first-order valence-electron chi connectivity index (χ1n) is 8.42. The van der Waals surface area contributed by atoms with Crippen LogP contribution in [0.3, 0.4) is 0 Å². The van der Waals surface area contributed by atoms with Gasteiger partial charge in [-0.3, -0.25) is 4.79 Å². The van der Waals surface area contributed by atoms with Gasteiger partial charge in [-0.2, -0.15) is 5.26 Å². The fraction of sp³-hybridized carbons (Fsp3) is 0.368. The van der Waals surface area contributed by atoms with Gasteiger partial charge in [0, 0.05) is 30.9 Å². The van der Waals surface area contributed by atoms with Crippen molar-refractivity contribution in [3.63, 3.8) is 0 Å². The maximum atomic E-state index is 12.6. The van der Waals surface area contributed by atoms with Crippen molar-refractivity contribution in [1.29, 1.82) is 5.26 Å². The third kappa shape index (κ3) is 4.20. The molecule has 1 aliphatic rings. The summed E-state index contributed by atoms with van der Waals surface area (Å²) >= 11 is 0. The molecule has 1 aromatic heterocycles. The second-order valence-electron chi connectivity index (χ2n) is 6.23. The van der Waals surface area contributed by atoms with Crippen LogP contribution in [0.15, 0.2) is 40.8 Å². The minimum Gasteiger partial charge on any atom is -0.449 e. The molecule has 6 nitrogen and oxygen atoms in total. The van der Waals surface area contributed by atoms with E-state index in [1.165, 1.54) is 0 Å². The number of nitrogens with zero attached hydrogens (tertiary/aromatic N) is 2. The number of anilines is 1. The molecular formula is C19H21N3O3. The summed E-state index contributed by atoms with van der Waals surface area (Å²) in [5.74, 6) is 1.28. The lowest BCUT2D eigenvalue weighted by molar-refractivity contribution is 0.0651. The van der Waals surface area contributed by atoms with Crippen molar-refractivity contribution < 1.29 is 14.3 Å². The van der Waals surface area contributed by atoms with Crippen LogP contribution < -0.4 is 5.32 Å². The first-order valence-corrected chi connectivity index (χ1v) is 8.42. The number of hydrogen-bond donors (Lipinski definition) is 2. The topological polar surface area (TPSA) is 89.5 Å². The van der Waals surface area contributed by atoms with Crippen LogP contribution in [-0.4, -0.2) is 35.6 Å². The molecule has 1 aromatic carbocycles. The highest BCUT2D eigenvalue weighted by Crippen LogP contribution is 2.20. The summed E-state index contributed by atoms with van der Waals surface area (Å²) in [6.45, 7) is 2.01. The molecule has 3 rings (SSSR count). The van der Waals surface area contributed by atoms with Crippen LogP contribution in [-0.2, 0) is 6.54 Å². The van der Waals surface area contributed by atoms with Crippen LogP contribution in [0.25, 0.3) is 0 Å². The second kappa shape index (κ2) is 7.86. The molecule has 1 aliphatic heterocycles. The molecule has 2 aromatic rings. The molecule has 6 heteroatoms. The normalized spacial score (nSPS) is 15.0. The number of amides is 1. The van der Waals surface area contributed by atoms with Gasteiger partial charge in [0.1, 0.15) is 11.8 Å². The van der Waals surface area contributed by atoms with E-state index in [2.05, 4.69) is 5.32 Å². The average Bonchev–Trinajstić information content (AvgIpc) is 3.14. The summed E-state index contributed by atoms with van der Waals surface area (Å²) in [7, 11) is 0. The van der Waals surface area contributed by atoms with Gasteiger partial charge < -0.3 is 19.7 Å². The van der Waals surface area contributed by atoms with Crippen molar-refractivity contribution in [2.45, 2.75) is 19.4 Å². The molecule has 2 N–H and O–H groups in total. The van der Waals surface area contributed by atoms with Gasteiger partial charge in [-0.25, -0.2) is 0 Å². The number of aliphatic hydroxyl groups excluding tert-OH is 1. The molecule has 0 atom stereocenters. The number of carbonyl (C=O) groups is 1. The molecule has 1 saturated heterocycles. The molecule has 25 heavy (non-hydrogen) atoms. The van der Waals surface area contributed by atoms with E-state index in [-0.39, 0.29) is 18.3 Å². The zero-order chi connectivity index (χ0) is 17.6. The van der Waals surface area contributed by atoms with Crippen molar-refractivity contribution in [2.24, 2.45) is 5.92 Å². The number of benzene rings is 1. The summed E-state index contributed by atoms with van der Waals surface area (Å²) in [4.78, 5) is 14.5. The highest BCUT2D eigenvalue weighted by atomic mass is 16.3. The minimum atomic E-state index is 0.0183. The molecule has 0 spiro atoms. The van der Waals surface area contributed by atoms with E-state index in [1.54, 1.807) is 12.1 Å². The minimum absolute atomic E-state index is 0.0183. The lowest BCUT2D eigenvalue weighted by atomic mass is 9.97. The number of nitriles is 1. The Hall–Kier alpha value is -2.78. The van der Waals surface area contributed by atoms with Gasteiger partial charge in [-0.1, -0.05) is 6.07 Å². The Kier molecular flexibility index (Phi) is 5.36. The van der Waals surface area contributed by atoms with Crippen LogP contribution >= 0.6 is 0 Å². The standard InChI is InChI=1S/C19H21N3O3/c20-11-17-4-5-18(25-17)12-21-16-3-1-2-15(10-16)19(24)22-8-6-14(13-23)7-9-22/h1-5,10,14,21,23H,6-9,12-13H2. The third-order valence-corrected chi connectivity index (χ3v) is 4.51. The van der Waals surface area contributed by atoms with E-state index >= 15 is 0 Å². The molecule has 0 aliphatic carbocycles. The van der Waals surface area contributed by atoms with E-state index in [0.717, 1.165) is 18.5 Å². The van der Waals surface area contributed by atoms with Crippen molar-refractivity contribution in [2.75, 3.05) is 25.0 Å². The predicted octanol–water partition coefficient (Wildman–Crippen LogP) is 2.61. The van der Waals surface area contributed by atoms with Gasteiger partial charge >= 0.3 is 0 Å². The molecule has 130 valence electrons. The van der Waals surface area contributed by atoms with Crippen LogP contribution in [0.2, 0.25) is 0 Å². The third-order valence-electron chi connectivity index (χ3n) is 4.51. The van der Waals surface area contributed by atoms with Gasteiger partial charge in [-0.05, 0) is 49.1 Å². The van der Waals surface area contributed by atoms with Crippen molar-refractivity contribution in [3.05, 3.63) is 53.5 Å². The van der Waals surface area contributed by atoms with Gasteiger partial charge in [0.2, 0.25) is 5.76 Å². The summed E-state index contributed by atoms with van der Waals surface area (Å²) in [6, 6.07) is 12.7. The Balaban J connectivity index is 1.61. The molecule has 1 fully saturated rings. The molecule has 0 unspecified atom stereocenters. The first-order chi connectivity index (χ1) is 12.2. The lowest BCUT2D eigenvalue weighted by Gasteiger charge is -2.31. The molecule has 0 bridgehead atoms. The van der Waals surface area contributed by atoms with E-state index in [4.69, 9.17) is 9.68 Å². The largest absolute Gasteiger partial charge is 0.449 e. The summed E-state index contributed by atoms with van der Waals surface area (Å²) in [6.07, 6.45) is 1.69. The van der Waals surface area contributed by atoms with Crippen molar-refractivity contribution in [3.8, 4) is 6.07 Å². The Bertz CT molecular complexity index is 770. The van der Waals surface area contributed by atoms with Gasteiger partial charge in [-0.15, -0.1) is 0 Å². The number of likely N-dealkylation sites (tertiary alicyclic amines) is 1. The van der Waals surface area contributed by atoms with Crippen LogP contribution in [0.4, 0.5) is 5.69 Å². The average molecular weight is 339 g/mol. The number of nitrogens with one attached hydrogen (secondary N) is 1. The summed E-state index contributed by atoms with van der Waals surface area (Å²) in [5.41, 5.74) is 1.47. The quantitative estimate of drug-likeness (QED) is 0.874. The Labute approximate surface area is 146 Å². The van der Waals surface area contributed by atoms with Crippen LogP contribution in [0, 0.1) is 17.2 Å². The zero-order valence-electron chi connectivity index (χ0n) is 13.9. The first kappa shape index (κ1) is 17.1. The molecule has 2 heterocycles. The van der Waals surface area contributed by atoms with Crippen LogP contribution in [0.5, 0.6) is 0 Å². The number of piperidine rings is 1.